The van der Waals surface area contributed by atoms with Crippen LogP contribution in [0, 0.1) is 6.92 Å². The molecule has 5 rings (SSSR count). The zero-order chi connectivity index (χ0) is 24.4. The Kier molecular flexibility index (Phi) is 6.38. The number of nitrogens with zero attached hydrogens (tertiary/aromatic N) is 2. The fourth-order valence-corrected chi connectivity index (χ4v) is 4.80. The predicted molar refractivity (Wildman–Crippen MR) is 141 cm³/mol. The number of anilines is 1. The molecule has 1 aliphatic heterocycles. The van der Waals surface area contributed by atoms with Crippen LogP contribution in [0.3, 0.4) is 0 Å². The van der Waals surface area contributed by atoms with E-state index >= 15 is 0 Å². The van der Waals surface area contributed by atoms with Crippen LogP contribution in [0.5, 0.6) is 0 Å². The Hall–Kier alpha value is -3.90. The van der Waals surface area contributed by atoms with Gasteiger partial charge >= 0.3 is 0 Å². The van der Waals surface area contributed by atoms with Crippen LogP contribution in [-0.4, -0.2) is 47.6 Å². The van der Waals surface area contributed by atoms with Crippen LogP contribution in [0.25, 0.3) is 27.9 Å². The molecular weight excluding hydrogens is 438 g/mol. The van der Waals surface area contributed by atoms with E-state index in [1.165, 1.54) is 27.9 Å². The van der Waals surface area contributed by atoms with Crippen LogP contribution < -0.4 is 5.32 Å². The number of hydrogen-bond donors (Lipinski definition) is 1. The van der Waals surface area contributed by atoms with Gasteiger partial charge in [-0.3, -0.25) is 9.59 Å². The van der Waals surface area contributed by atoms with Gasteiger partial charge in [0.25, 0.3) is 5.91 Å². The predicted octanol–water partition coefficient (Wildman–Crippen LogP) is 5.25. The number of ether oxygens (including phenoxy) is 1. The fourth-order valence-electron chi connectivity index (χ4n) is 4.80. The van der Waals surface area contributed by atoms with Crippen molar-refractivity contribution in [1.29, 1.82) is 0 Å². The van der Waals surface area contributed by atoms with E-state index in [1.54, 1.807) is 17.0 Å². The minimum Gasteiger partial charge on any atom is -0.378 e. The highest BCUT2D eigenvalue weighted by Crippen LogP contribution is 2.30. The molecular formula is C29H29N3O3. The molecule has 35 heavy (non-hydrogen) atoms. The average Bonchev–Trinajstić information content (AvgIpc) is 3.22. The molecule has 0 aliphatic carbocycles. The van der Waals surface area contributed by atoms with Crippen molar-refractivity contribution in [3.05, 3.63) is 83.4 Å². The first-order valence-corrected chi connectivity index (χ1v) is 12.0. The molecule has 0 saturated carbocycles. The summed E-state index contributed by atoms with van der Waals surface area (Å²) < 4.78 is 7.65. The molecule has 0 atom stereocenters. The van der Waals surface area contributed by atoms with E-state index in [2.05, 4.69) is 53.2 Å². The lowest BCUT2D eigenvalue weighted by molar-refractivity contribution is -0.111. The fraction of sp³-hybridized carbons (Fsp3) is 0.241. The summed E-state index contributed by atoms with van der Waals surface area (Å²) in [5, 5.41) is 5.32. The number of aromatic nitrogens is 1. The first-order valence-electron chi connectivity index (χ1n) is 12.0. The Morgan fingerprint density at radius 2 is 1.74 bits per heavy atom. The number of carbonyl (C=O) groups excluding carboxylic acids is 2. The van der Waals surface area contributed by atoms with Crippen LogP contribution in [0.1, 0.15) is 28.4 Å². The Morgan fingerprint density at radius 1 is 0.971 bits per heavy atom. The summed E-state index contributed by atoms with van der Waals surface area (Å²) >= 11 is 0. The van der Waals surface area contributed by atoms with Crippen molar-refractivity contribution in [2.24, 2.45) is 0 Å². The molecule has 4 aromatic rings. The van der Waals surface area contributed by atoms with Gasteiger partial charge in [-0.2, -0.15) is 0 Å². The monoisotopic (exact) mass is 467 g/mol. The number of aryl methyl sites for hydroxylation is 1. The summed E-state index contributed by atoms with van der Waals surface area (Å²) in [4.78, 5) is 27.5. The molecule has 178 valence electrons. The van der Waals surface area contributed by atoms with Crippen molar-refractivity contribution in [1.82, 2.24) is 9.47 Å². The third-order valence-corrected chi connectivity index (χ3v) is 6.66. The summed E-state index contributed by atoms with van der Waals surface area (Å²) in [6.45, 7) is 7.18. The molecule has 0 radical (unpaired) electrons. The maximum Gasteiger partial charge on any atom is 0.254 e. The van der Waals surface area contributed by atoms with Crippen LogP contribution in [0.4, 0.5) is 5.69 Å². The van der Waals surface area contributed by atoms with Gasteiger partial charge in [-0.15, -0.1) is 0 Å². The summed E-state index contributed by atoms with van der Waals surface area (Å²) in [6, 6.07) is 20.1. The van der Waals surface area contributed by atoms with E-state index in [0.29, 0.717) is 37.6 Å². The Bertz CT molecular complexity index is 1440. The second kappa shape index (κ2) is 9.76. The Morgan fingerprint density at radius 3 is 2.54 bits per heavy atom. The standard InChI is InChI=1S/C29H29N3O3/c1-3-32-26-10-5-4-7-23(26)24-19-21(11-13-27(24)32)12-14-28(33)30-25-9-6-8-22(20(25)2)29(34)31-15-17-35-18-16-31/h4-14,19H,3,15-18H2,1-2H3,(H,30,33)/b14-12+. The topological polar surface area (TPSA) is 63.6 Å². The first kappa shape index (κ1) is 22.9. The Labute approximate surface area is 204 Å². The van der Waals surface area contributed by atoms with Crippen LogP contribution in [0.15, 0.2) is 66.7 Å². The maximum absolute atomic E-state index is 12.9. The zero-order valence-electron chi connectivity index (χ0n) is 20.1. The van der Waals surface area contributed by atoms with Crippen molar-refractivity contribution in [2.75, 3.05) is 31.6 Å². The second-order valence-electron chi connectivity index (χ2n) is 8.74. The highest BCUT2D eigenvalue weighted by molar-refractivity contribution is 6.09. The third kappa shape index (κ3) is 4.45. The number of amides is 2. The van der Waals surface area contributed by atoms with Gasteiger partial charge in [-0.1, -0.05) is 30.3 Å². The summed E-state index contributed by atoms with van der Waals surface area (Å²) in [7, 11) is 0. The van der Waals surface area contributed by atoms with Gasteiger partial charge in [0.1, 0.15) is 0 Å². The number of fused-ring (bicyclic) bond motifs is 3. The molecule has 0 unspecified atom stereocenters. The molecule has 1 aliphatic rings. The van der Waals surface area contributed by atoms with E-state index in [9.17, 15) is 9.59 Å². The van der Waals surface area contributed by atoms with Crippen molar-refractivity contribution in [3.63, 3.8) is 0 Å². The summed E-state index contributed by atoms with van der Waals surface area (Å²) in [5.74, 6) is -0.267. The van der Waals surface area contributed by atoms with Gasteiger partial charge in [-0.25, -0.2) is 0 Å². The summed E-state index contributed by atoms with van der Waals surface area (Å²) in [6.07, 6.45) is 3.36. The molecule has 3 aromatic carbocycles. The maximum atomic E-state index is 12.9. The highest BCUT2D eigenvalue weighted by atomic mass is 16.5. The Balaban J connectivity index is 1.35. The molecule has 0 bridgehead atoms. The number of benzene rings is 3. The smallest absolute Gasteiger partial charge is 0.254 e. The largest absolute Gasteiger partial charge is 0.378 e. The normalized spacial score (nSPS) is 14.2. The van der Waals surface area contributed by atoms with Gasteiger partial charge in [0, 0.05) is 58.8 Å². The number of hydrogen-bond acceptors (Lipinski definition) is 3. The van der Waals surface area contributed by atoms with E-state index in [4.69, 9.17) is 4.74 Å². The summed E-state index contributed by atoms with van der Waals surface area (Å²) in [5.41, 5.74) is 5.37. The van der Waals surface area contributed by atoms with Gasteiger partial charge in [0.2, 0.25) is 5.91 Å². The third-order valence-electron chi connectivity index (χ3n) is 6.66. The number of rotatable bonds is 5. The first-order chi connectivity index (χ1) is 17.1. The lowest BCUT2D eigenvalue weighted by Gasteiger charge is -2.27. The van der Waals surface area contributed by atoms with Gasteiger partial charge in [-0.05, 0) is 61.4 Å². The molecule has 6 heteroatoms. The van der Waals surface area contributed by atoms with E-state index in [1.807, 2.05) is 25.1 Å². The molecule has 1 N–H and O–H groups in total. The van der Waals surface area contributed by atoms with Gasteiger partial charge in [0.05, 0.1) is 13.2 Å². The number of para-hydroxylation sites is 1. The highest BCUT2D eigenvalue weighted by Gasteiger charge is 2.21. The van der Waals surface area contributed by atoms with Crippen molar-refractivity contribution < 1.29 is 14.3 Å². The lowest BCUT2D eigenvalue weighted by Crippen LogP contribution is -2.41. The minimum atomic E-state index is -0.236. The SMILES string of the molecule is CCn1c2ccccc2c2cc(/C=C/C(=O)Nc3cccc(C(=O)N4CCOCC4)c3C)ccc21. The zero-order valence-corrected chi connectivity index (χ0v) is 20.1. The van der Waals surface area contributed by atoms with Crippen molar-refractivity contribution >= 4 is 45.4 Å². The molecule has 6 nitrogen and oxygen atoms in total. The van der Waals surface area contributed by atoms with Crippen LogP contribution in [-0.2, 0) is 16.1 Å². The molecule has 2 heterocycles. The number of carbonyl (C=O) groups is 2. The second-order valence-corrected chi connectivity index (χ2v) is 8.74. The van der Waals surface area contributed by atoms with Crippen molar-refractivity contribution in [3.8, 4) is 0 Å². The quantitative estimate of drug-likeness (QED) is 0.408. The lowest BCUT2D eigenvalue weighted by atomic mass is 10.0. The van der Waals surface area contributed by atoms with E-state index in [0.717, 1.165) is 17.7 Å². The molecule has 2 amide bonds. The molecule has 1 saturated heterocycles. The molecule has 1 fully saturated rings. The van der Waals surface area contributed by atoms with E-state index < -0.39 is 0 Å². The average molecular weight is 468 g/mol. The minimum absolute atomic E-state index is 0.0306. The van der Waals surface area contributed by atoms with Gasteiger partial charge in [0.15, 0.2) is 0 Å². The molecule has 1 aromatic heterocycles. The van der Waals surface area contributed by atoms with Crippen LogP contribution >= 0.6 is 0 Å². The van der Waals surface area contributed by atoms with Crippen molar-refractivity contribution in [2.45, 2.75) is 20.4 Å². The van der Waals surface area contributed by atoms with Crippen LogP contribution in [0.2, 0.25) is 0 Å². The number of nitrogens with one attached hydrogen (secondary N) is 1. The number of morpholine rings is 1. The van der Waals surface area contributed by atoms with Gasteiger partial charge < -0.3 is 19.5 Å². The molecule has 0 spiro atoms. The van der Waals surface area contributed by atoms with E-state index in [-0.39, 0.29) is 11.8 Å².